The number of ketones is 1. The molecular formula is C15H9BrClNO2. The van der Waals surface area contributed by atoms with E-state index in [4.69, 9.17) is 16.0 Å². The van der Waals surface area contributed by atoms with Gasteiger partial charge < -0.3 is 4.42 Å². The Morgan fingerprint density at radius 2 is 2.05 bits per heavy atom. The second-order valence-electron chi connectivity index (χ2n) is 4.30. The van der Waals surface area contributed by atoms with Gasteiger partial charge in [-0.05, 0) is 40.2 Å². The summed E-state index contributed by atoms with van der Waals surface area (Å²) < 4.78 is 6.30. The molecule has 1 heterocycles. The summed E-state index contributed by atoms with van der Waals surface area (Å²) in [5, 5.41) is 0.508. The SMILES string of the molecule is O=C(Cc1nc2ccccc2o1)c1ccc(Br)c(Cl)c1. The Morgan fingerprint density at radius 3 is 2.80 bits per heavy atom. The number of rotatable bonds is 3. The summed E-state index contributed by atoms with van der Waals surface area (Å²) in [6, 6.07) is 12.5. The zero-order valence-corrected chi connectivity index (χ0v) is 12.6. The number of oxazole rings is 1. The standard InChI is InChI=1S/C15H9BrClNO2/c16-10-6-5-9(7-11(10)17)13(19)8-15-18-12-3-1-2-4-14(12)20-15/h1-7H,8H2. The van der Waals surface area contributed by atoms with Crippen LogP contribution in [-0.2, 0) is 6.42 Å². The molecule has 0 saturated heterocycles. The topological polar surface area (TPSA) is 43.1 Å². The molecule has 0 atom stereocenters. The van der Waals surface area contributed by atoms with E-state index in [-0.39, 0.29) is 12.2 Å². The second-order valence-corrected chi connectivity index (χ2v) is 5.57. The van der Waals surface area contributed by atoms with Gasteiger partial charge in [-0.1, -0.05) is 29.8 Å². The van der Waals surface area contributed by atoms with Gasteiger partial charge in [-0.3, -0.25) is 4.79 Å². The summed E-state index contributed by atoms with van der Waals surface area (Å²) in [4.78, 5) is 16.5. The average molecular weight is 351 g/mol. The summed E-state index contributed by atoms with van der Waals surface area (Å²) >= 11 is 9.28. The molecule has 5 heteroatoms. The van der Waals surface area contributed by atoms with E-state index in [1.165, 1.54) is 0 Å². The van der Waals surface area contributed by atoms with Gasteiger partial charge in [0.15, 0.2) is 11.4 Å². The van der Waals surface area contributed by atoms with Crippen LogP contribution in [0.4, 0.5) is 0 Å². The Hall–Kier alpha value is -1.65. The smallest absolute Gasteiger partial charge is 0.203 e. The molecule has 0 aliphatic rings. The monoisotopic (exact) mass is 349 g/mol. The molecule has 0 N–H and O–H groups in total. The van der Waals surface area contributed by atoms with Crippen molar-refractivity contribution in [1.82, 2.24) is 4.98 Å². The van der Waals surface area contributed by atoms with Crippen LogP contribution >= 0.6 is 27.5 Å². The van der Waals surface area contributed by atoms with Crippen molar-refractivity contribution in [3.05, 3.63) is 63.4 Å². The van der Waals surface area contributed by atoms with Crippen molar-refractivity contribution < 1.29 is 9.21 Å². The molecule has 0 amide bonds. The molecule has 2 aromatic carbocycles. The predicted molar refractivity (Wildman–Crippen MR) is 81.2 cm³/mol. The molecule has 0 saturated carbocycles. The van der Waals surface area contributed by atoms with Gasteiger partial charge in [0.05, 0.1) is 11.4 Å². The number of halogens is 2. The molecule has 0 spiro atoms. The zero-order chi connectivity index (χ0) is 14.1. The Kier molecular flexibility index (Phi) is 3.59. The van der Waals surface area contributed by atoms with Crippen LogP contribution in [0.1, 0.15) is 16.2 Å². The number of hydrogen-bond donors (Lipinski definition) is 0. The normalized spacial score (nSPS) is 10.9. The van der Waals surface area contributed by atoms with Crippen molar-refractivity contribution in [2.75, 3.05) is 0 Å². The number of Topliss-reactive ketones (excluding diaryl/α,β-unsaturated/α-hetero) is 1. The van der Waals surface area contributed by atoms with Gasteiger partial charge in [-0.2, -0.15) is 0 Å². The minimum absolute atomic E-state index is 0.0778. The minimum atomic E-state index is -0.0778. The van der Waals surface area contributed by atoms with Crippen LogP contribution in [0.5, 0.6) is 0 Å². The Labute approximate surface area is 128 Å². The number of aromatic nitrogens is 1. The Morgan fingerprint density at radius 1 is 1.25 bits per heavy atom. The minimum Gasteiger partial charge on any atom is -0.440 e. The third kappa shape index (κ3) is 2.62. The van der Waals surface area contributed by atoms with E-state index in [0.717, 1.165) is 9.99 Å². The Bertz CT molecular complexity index is 764. The van der Waals surface area contributed by atoms with Crippen LogP contribution in [0, 0.1) is 0 Å². The first-order valence-corrected chi connectivity index (χ1v) is 7.13. The first-order valence-electron chi connectivity index (χ1n) is 5.96. The number of nitrogens with zero attached hydrogens (tertiary/aromatic N) is 1. The maximum Gasteiger partial charge on any atom is 0.203 e. The van der Waals surface area contributed by atoms with E-state index in [2.05, 4.69) is 20.9 Å². The fourth-order valence-electron chi connectivity index (χ4n) is 1.90. The lowest BCUT2D eigenvalue weighted by Gasteiger charge is -2.00. The highest BCUT2D eigenvalue weighted by molar-refractivity contribution is 9.10. The van der Waals surface area contributed by atoms with Gasteiger partial charge in [0.25, 0.3) is 0 Å². The van der Waals surface area contributed by atoms with Crippen molar-refractivity contribution in [2.24, 2.45) is 0 Å². The van der Waals surface area contributed by atoms with Crippen LogP contribution in [-0.4, -0.2) is 10.8 Å². The molecule has 0 bridgehead atoms. The highest BCUT2D eigenvalue weighted by Gasteiger charge is 2.13. The lowest BCUT2D eigenvalue weighted by atomic mass is 10.1. The molecule has 1 aromatic heterocycles. The van der Waals surface area contributed by atoms with E-state index in [1.807, 2.05) is 24.3 Å². The molecule has 20 heavy (non-hydrogen) atoms. The number of fused-ring (bicyclic) bond motifs is 1. The molecule has 100 valence electrons. The highest BCUT2D eigenvalue weighted by Crippen LogP contribution is 2.24. The summed E-state index contributed by atoms with van der Waals surface area (Å²) in [6.45, 7) is 0. The molecule has 3 nitrogen and oxygen atoms in total. The first kappa shape index (κ1) is 13.3. The van der Waals surface area contributed by atoms with Crippen LogP contribution in [0.25, 0.3) is 11.1 Å². The van der Waals surface area contributed by atoms with E-state index < -0.39 is 0 Å². The summed E-state index contributed by atoms with van der Waals surface area (Å²) in [5.41, 5.74) is 1.98. The molecule has 0 aliphatic heterocycles. The third-order valence-corrected chi connectivity index (χ3v) is 4.12. The fourth-order valence-corrected chi connectivity index (χ4v) is 2.33. The summed E-state index contributed by atoms with van der Waals surface area (Å²) in [6.07, 6.45) is 0.118. The number of carbonyl (C=O) groups is 1. The lowest BCUT2D eigenvalue weighted by molar-refractivity contribution is 0.0986. The zero-order valence-electron chi connectivity index (χ0n) is 10.3. The third-order valence-electron chi connectivity index (χ3n) is 2.89. The Balaban J connectivity index is 1.86. The highest BCUT2D eigenvalue weighted by atomic mass is 79.9. The molecular weight excluding hydrogens is 342 g/mol. The van der Waals surface area contributed by atoms with Gasteiger partial charge in [0, 0.05) is 10.0 Å². The van der Waals surface area contributed by atoms with E-state index in [9.17, 15) is 4.79 Å². The van der Waals surface area contributed by atoms with E-state index in [1.54, 1.807) is 18.2 Å². The maximum absolute atomic E-state index is 12.2. The molecule has 0 unspecified atom stereocenters. The molecule has 3 aromatic rings. The molecule has 0 fully saturated rings. The molecule has 3 rings (SSSR count). The van der Waals surface area contributed by atoms with Crippen molar-refractivity contribution in [2.45, 2.75) is 6.42 Å². The van der Waals surface area contributed by atoms with Crippen molar-refractivity contribution in [3.8, 4) is 0 Å². The second kappa shape index (κ2) is 5.38. The quantitative estimate of drug-likeness (QED) is 0.645. The average Bonchev–Trinajstić information content (AvgIpc) is 2.83. The largest absolute Gasteiger partial charge is 0.440 e. The van der Waals surface area contributed by atoms with Crippen molar-refractivity contribution >= 4 is 44.4 Å². The van der Waals surface area contributed by atoms with E-state index in [0.29, 0.717) is 22.1 Å². The van der Waals surface area contributed by atoms with Crippen LogP contribution < -0.4 is 0 Å². The van der Waals surface area contributed by atoms with Crippen LogP contribution in [0.3, 0.4) is 0 Å². The molecule has 0 aliphatic carbocycles. The number of hydrogen-bond acceptors (Lipinski definition) is 3. The first-order chi connectivity index (χ1) is 9.63. The van der Waals surface area contributed by atoms with Gasteiger partial charge in [0.1, 0.15) is 5.52 Å². The van der Waals surface area contributed by atoms with Crippen LogP contribution in [0.2, 0.25) is 5.02 Å². The lowest BCUT2D eigenvalue weighted by Crippen LogP contribution is -2.03. The van der Waals surface area contributed by atoms with Crippen molar-refractivity contribution in [3.63, 3.8) is 0 Å². The summed E-state index contributed by atoms with van der Waals surface area (Å²) in [7, 11) is 0. The van der Waals surface area contributed by atoms with E-state index >= 15 is 0 Å². The number of carbonyl (C=O) groups excluding carboxylic acids is 1. The van der Waals surface area contributed by atoms with Gasteiger partial charge in [-0.25, -0.2) is 4.98 Å². The van der Waals surface area contributed by atoms with Gasteiger partial charge in [-0.15, -0.1) is 0 Å². The predicted octanol–water partition coefficient (Wildman–Crippen LogP) is 4.67. The van der Waals surface area contributed by atoms with Gasteiger partial charge >= 0.3 is 0 Å². The number of benzene rings is 2. The maximum atomic E-state index is 12.2. The molecule has 0 radical (unpaired) electrons. The fraction of sp³-hybridized carbons (Fsp3) is 0.0667. The van der Waals surface area contributed by atoms with Crippen LogP contribution in [0.15, 0.2) is 51.4 Å². The number of para-hydroxylation sites is 2. The summed E-state index contributed by atoms with van der Waals surface area (Å²) in [5.74, 6) is 0.334. The van der Waals surface area contributed by atoms with Gasteiger partial charge in [0.2, 0.25) is 5.89 Å². The van der Waals surface area contributed by atoms with Crippen molar-refractivity contribution in [1.29, 1.82) is 0 Å².